The Labute approximate surface area is 209 Å². The highest BCUT2D eigenvalue weighted by atomic mass is 32.1. The van der Waals surface area contributed by atoms with Gasteiger partial charge in [-0.1, -0.05) is 105 Å². The number of carbonyl (C=O) groups excluding carboxylic acids is 2. The van der Waals surface area contributed by atoms with Crippen LogP contribution in [0.2, 0.25) is 0 Å². The molecule has 0 heterocycles. The van der Waals surface area contributed by atoms with Crippen molar-refractivity contribution in [3.63, 3.8) is 0 Å². The molecule has 0 aliphatic rings. The van der Waals surface area contributed by atoms with Gasteiger partial charge in [-0.3, -0.25) is 4.79 Å². The van der Waals surface area contributed by atoms with Crippen LogP contribution in [0.1, 0.15) is 77.6 Å². The van der Waals surface area contributed by atoms with Crippen LogP contribution in [-0.4, -0.2) is 24.1 Å². The second-order valence-corrected chi connectivity index (χ2v) is 8.99. The van der Waals surface area contributed by atoms with Crippen LogP contribution in [0, 0.1) is 0 Å². The van der Waals surface area contributed by atoms with Crippen molar-refractivity contribution in [2.45, 2.75) is 51.4 Å². The van der Waals surface area contributed by atoms with E-state index >= 15 is 0 Å². The van der Waals surface area contributed by atoms with E-state index in [1.807, 2.05) is 54.6 Å². The van der Waals surface area contributed by atoms with Crippen LogP contribution in [0.15, 0.2) is 78.9 Å². The lowest BCUT2D eigenvalue weighted by atomic mass is 9.99. The van der Waals surface area contributed by atoms with Gasteiger partial charge >= 0.3 is 5.97 Å². The molecule has 0 spiro atoms. The molecule has 3 nitrogen and oxygen atoms in total. The second-order valence-electron chi connectivity index (χ2n) is 8.54. The quantitative estimate of drug-likeness (QED) is 0.112. The number of benzene rings is 3. The molecule has 3 rings (SSSR count). The Hall–Kier alpha value is -2.85. The van der Waals surface area contributed by atoms with Crippen molar-refractivity contribution in [1.29, 1.82) is 0 Å². The van der Waals surface area contributed by atoms with E-state index in [0.29, 0.717) is 23.3 Å². The van der Waals surface area contributed by atoms with Gasteiger partial charge in [-0.2, -0.15) is 12.6 Å². The average molecular weight is 475 g/mol. The zero-order chi connectivity index (χ0) is 24.0. The minimum absolute atomic E-state index is 0.0647. The summed E-state index contributed by atoms with van der Waals surface area (Å²) in [6.07, 6.45) is 9.42. The first-order valence-corrected chi connectivity index (χ1v) is 12.9. The highest BCUT2D eigenvalue weighted by Crippen LogP contribution is 2.21. The number of unbranched alkanes of at least 4 members (excludes halogenated alkanes) is 7. The second kappa shape index (κ2) is 14.4. The summed E-state index contributed by atoms with van der Waals surface area (Å²) in [6, 6.07) is 24.4. The molecule has 0 N–H and O–H groups in total. The number of esters is 1. The number of hydrogen-bond donors (Lipinski definition) is 1. The molecule has 34 heavy (non-hydrogen) atoms. The molecule has 4 heteroatoms. The Balaban J connectivity index is 1.41. The van der Waals surface area contributed by atoms with Gasteiger partial charge in [0.15, 0.2) is 5.78 Å². The first-order chi connectivity index (χ1) is 16.7. The van der Waals surface area contributed by atoms with Crippen molar-refractivity contribution < 1.29 is 14.3 Å². The van der Waals surface area contributed by atoms with Gasteiger partial charge in [-0.25, -0.2) is 4.79 Å². The van der Waals surface area contributed by atoms with E-state index in [0.717, 1.165) is 29.7 Å². The number of carbonyl (C=O) groups is 2. The number of hydrogen-bond acceptors (Lipinski definition) is 4. The molecule has 0 amide bonds. The van der Waals surface area contributed by atoms with Crippen LogP contribution in [0.5, 0.6) is 0 Å². The van der Waals surface area contributed by atoms with Crippen molar-refractivity contribution in [2.75, 3.05) is 12.4 Å². The fourth-order valence-corrected chi connectivity index (χ4v) is 4.12. The van der Waals surface area contributed by atoms with Gasteiger partial charge in [-0.15, -0.1) is 0 Å². The summed E-state index contributed by atoms with van der Waals surface area (Å²) >= 11 is 4.23. The smallest absolute Gasteiger partial charge is 0.338 e. The van der Waals surface area contributed by atoms with Gasteiger partial charge in [-0.05, 0) is 41.9 Å². The minimum Gasteiger partial charge on any atom is -0.462 e. The summed E-state index contributed by atoms with van der Waals surface area (Å²) in [5.74, 6) is 0.580. The summed E-state index contributed by atoms with van der Waals surface area (Å²) in [5, 5.41) is 0. The molecule has 3 aromatic carbocycles. The van der Waals surface area contributed by atoms with Crippen molar-refractivity contribution in [1.82, 2.24) is 0 Å². The van der Waals surface area contributed by atoms with Crippen molar-refractivity contribution in [3.05, 3.63) is 95.6 Å². The highest BCUT2D eigenvalue weighted by molar-refractivity contribution is 7.80. The van der Waals surface area contributed by atoms with E-state index in [2.05, 4.69) is 12.6 Å². The molecule has 0 atom stereocenters. The average Bonchev–Trinajstić information content (AvgIpc) is 2.90. The lowest BCUT2D eigenvalue weighted by molar-refractivity contribution is 0.0497. The van der Waals surface area contributed by atoms with Crippen LogP contribution in [0.3, 0.4) is 0 Å². The van der Waals surface area contributed by atoms with Crippen LogP contribution >= 0.6 is 12.6 Å². The maximum absolute atomic E-state index is 12.8. The van der Waals surface area contributed by atoms with Gasteiger partial charge in [0.05, 0.1) is 12.2 Å². The number of ketones is 1. The van der Waals surface area contributed by atoms with Gasteiger partial charge in [0.1, 0.15) is 0 Å². The first-order valence-electron chi connectivity index (χ1n) is 12.3. The Bertz CT molecular complexity index is 1010. The molecule has 0 aliphatic heterocycles. The monoisotopic (exact) mass is 474 g/mol. The molecule has 3 aromatic rings. The van der Waals surface area contributed by atoms with Crippen LogP contribution in [0.25, 0.3) is 11.1 Å². The highest BCUT2D eigenvalue weighted by Gasteiger charge is 2.12. The van der Waals surface area contributed by atoms with Gasteiger partial charge in [0.25, 0.3) is 0 Å². The summed E-state index contributed by atoms with van der Waals surface area (Å²) in [4.78, 5) is 25.1. The molecule has 0 aliphatic carbocycles. The SMILES string of the molecule is O=C(OCCCCCCCCCCS)c1ccc(C(=O)c2ccc(-c3ccccc3)cc2)cc1. The zero-order valence-corrected chi connectivity index (χ0v) is 20.6. The topological polar surface area (TPSA) is 43.4 Å². The van der Waals surface area contributed by atoms with Crippen LogP contribution in [-0.2, 0) is 4.74 Å². The Kier molecular flexibility index (Phi) is 10.9. The lowest BCUT2D eigenvalue weighted by Crippen LogP contribution is -2.07. The summed E-state index contributed by atoms with van der Waals surface area (Å²) in [5.41, 5.74) is 3.83. The zero-order valence-electron chi connectivity index (χ0n) is 19.7. The van der Waals surface area contributed by atoms with E-state index in [-0.39, 0.29) is 11.8 Å². The lowest BCUT2D eigenvalue weighted by Gasteiger charge is -2.07. The third-order valence-corrected chi connectivity index (χ3v) is 6.24. The molecule has 178 valence electrons. The van der Waals surface area contributed by atoms with E-state index in [9.17, 15) is 9.59 Å². The molecule has 0 radical (unpaired) electrons. The van der Waals surface area contributed by atoms with Gasteiger partial charge in [0, 0.05) is 11.1 Å². The fourth-order valence-electron chi connectivity index (χ4n) is 3.89. The molecule has 0 saturated carbocycles. The molecular formula is C30H34O3S. The summed E-state index contributed by atoms with van der Waals surface area (Å²) in [6.45, 7) is 0.437. The Morgan fingerprint density at radius 3 is 1.62 bits per heavy atom. The molecule has 0 unspecified atom stereocenters. The predicted octanol–water partition coefficient (Wildman–Crippen LogP) is 7.79. The van der Waals surface area contributed by atoms with Crippen LogP contribution in [0.4, 0.5) is 0 Å². The number of thiol groups is 1. The first kappa shape index (κ1) is 25.8. The van der Waals surface area contributed by atoms with Crippen molar-refractivity contribution in [2.24, 2.45) is 0 Å². The molecule has 0 fully saturated rings. The van der Waals surface area contributed by atoms with E-state index in [1.54, 1.807) is 24.3 Å². The molecule has 0 aromatic heterocycles. The van der Waals surface area contributed by atoms with E-state index < -0.39 is 0 Å². The predicted molar refractivity (Wildman–Crippen MR) is 143 cm³/mol. The third-order valence-electron chi connectivity index (χ3n) is 5.92. The maximum Gasteiger partial charge on any atom is 0.338 e. The molecule has 0 saturated heterocycles. The summed E-state index contributed by atoms with van der Waals surface area (Å²) in [7, 11) is 0. The summed E-state index contributed by atoms with van der Waals surface area (Å²) < 4.78 is 5.40. The molecule has 0 bridgehead atoms. The minimum atomic E-state index is -0.335. The van der Waals surface area contributed by atoms with Gasteiger partial charge < -0.3 is 4.74 Å². The number of rotatable bonds is 14. The standard InChI is InChI=1S/C30H34O3S/c31-29(26-16-14-25(15-17-26)24-12-8-7-9-13-24)27-18-20-28(21-19-27)30(32)33-22-10-5-3-1-2-4-6-11-23-34/h7-9,12-21,34H,1-6,10-11,22-23H2. The largest absolute Gasteiger partial charge is 0.462 e. The third kappa shape index (κ3) is 8.18. The normalized spacial score (nSPS) is 10.7. The fraction of sp³-hybridized carbons (Fsp3) is 0.333. The van der Waals surface area contributed by atoms with Gasteiger partial charge in [0.2, 0.25) is 0 Å². The van der Waals surface area contributed by atoms with E-state index in [1.165, 1.54) is 38.5 Å². The maximum atomic E-state index is 12.8. The number of ether oxygens (including phenoxy) is 1. The molecular weight excluding hydrogens is 440 g/mol. The van der Waals surface area contributed by atoms with E-state index in [4.69, 9.17) is 4.74 Å². The Morgan fingerprint density at radius 1 is 0.559 bits per heavy atom. The van der Waals surface area contributed by atoms with Crippen molar-refractivity contribution in [3.8, 4) is 11.1 Å². The van der Waals surface area contributed by atoms with Crippen LogP contribution < -0.4 is 0 Å². The van der Waals surface area contributed by atoms with Crippen molar-refractivity contribution >= 4 is 24.4 Å². The Morgan fingerprint density at radius 2 is 1.03 bits per heavy atom.